The van der Waals surface area contributed by atoms with Crippen LogP contribution in [-0.4, -0.2) is 48.7 Å². The second-order valence-corrected chi connectivity index (χ2v) is 8.57. The van der Waals surface area contributed by atoms with E-state index in [2.05, 4.69) is 24.1 Å². The van der Waals surface area contributed by atoms with Crippen molar-refractivity contribution in [2.75, 3.05) is 32.8 Å². The Morgan fingerprint density at radius 2 is 2.08 bits per heavy atom. The average Bonchev–Trinajstić information content (AvgIpc) is 2.84. The Bertz CT molecular complexity index is 602. The van der Waals surface area contributed by atoms with Gasteiger partial charge in [-0.15, -0.1) is 0 Å². The Hall–Kier alpha value is -1.10. The van der Waals surface area contributed by atoms with Crippen LogP contribution in [0.5, 0.6) is 0 Å². The molecule has 1 amide bonds. The van der Waals surface area contributed by atoms with Crippen molar-refractivity contribution >= 4 is 17.5 Å². The number of fused-ring (bicyclic) bond motifs is 1. The summed E-state index contributed by atoms with van der Waals surface area (Å²) in [5.74, 6) is 0.563. The Labute approximate surface area is 149 Å². The molecule has 3 rings (SSSR count). The molecule has 0 aromatic heterocycles. The Balaban J connectivity index is 1.44. The highest BCUT2D eigenvalue weighted by molar-refractivity contribution is 6.30. The van der Waals surface area contributed by atoms with Crippen molar-refractivity contribution in [3.63, 3.8) is 0 Å². The van der Waals surface area contributed by atoms with Crippen LogP contribution in [0.25, 0.3) is 0 Å². The fourth-order valence-corrected chi connectivity index (χ4v) is 4.95. The molecule has 1 aromatic carbocycles. The van der Waals surface area contributed by atoms with Gasteiger partial charge in [0.25, 0.3) is 0 Å². The van der Waals surface area contributed by atoms with Crippen molar-refractivity contribution in [1.82, 2.24) is 10.2 Å². The van der Waals surface area contributed by atoms with E-state index < -0.39 is 0 Å². The standard InChI is InChI=1S/C19H27ClN2O2/c1-18(2)11-19(13-23)12-22(9-16(18)19)10-17(24)21-8-7-14-3-5-15(20)6-4-14/h3-6,16,23H,7-13H2,1-2H3,(H,21,24)/t16-,19-/m1/s1. The molecule has 2 fully saturated rings. The van der Waals surface area contributed by atoms with E-state index in [0.717, 1.165) is 31.0 Å². The number of amides is 1. The molecule has 2 N–H and O–H groups in total. The topological polar surface area (TPSA) is 52.6 Å². The third kappa shape index (κ3) is 3.46. The molecule has 1 aliphatic heterocycles. The summed E-state index contributed by atoms with van der Waals surface area (Å²) in [7, 11) is 0. The highest BCUT2D eigenvalue weighted by Gasteiger charge is 2.62. The third-order valence-electron chi connectivity index (χ3n) is 5.80. The molecule has 5 heteroatoms. The minimum Gasteiger partial charge on any atom is -0.396 e. The number of benzene rings is 1. The number of halogens is 1. The van der Waals surface area contributed by atoms with Gasteiger partial charge < -0.3 is 10.4 Å². The van der Waals surface area contributed by atoms with Gasteiger partial charge in [0.05, 0.1) is 13.2 Å². The normalized spacial score (nSPS) is 28.2. The summed E-state index contributed by atoms with van der Waals surface area (Å²) >= 11 is 5.87. The molecular formula is C19H27ClN2O2. The van der Waals surface area contributed by atoms with E-state index in [4.69, 9.17) is 11.6 Å². The van der Waals surface area contributed by atoms with Crippen LogP contribution in [0.4, 0.5) is 0 Å². The number of rotatable bonds is 6. The van der Waals surface area contributed by atoms with Crippen LogP contribution in [0.1, 0.15) is 25.8 Å². The Morgan fingerprint density at radius 1 is 1.38 bits per heavy atom. The lowest BCUT2D eigenvalue weighted by Gasteiger charge is -2.56. The molecule has 24 heavy (non-hydrogen) atoms. The van der Waals surface area contributed by atoms with Gasteiger partial charge in [-0.1, -0.05) is 37.6 Å². The van der Waals surface area contributed by atoms with Gasteiger partial charge in [-0.05, 0) is 41.9 Å². The SMILES string of the molecule is CC1(C)C[C@]2(CO)CN(CC(=O)NCCc3ccc(Cl)cc3)C[C@H]12. The molecule has 2 atom stereocenters. The molecule has 0 unspecified atom stereocenters. The zero-order valence-electron chi connectivity index (χ0n) is 14.5. The zero-order chi connectivity index (χ0) is 17.4. The number of likely N-dealkylation sites (tertiary alicyclic amines) is 1. The van der Waals surface area contributed by atoms with E-state index in [1.54, 1.807) is 0 Å². The van der Waals surface area contributed by atoms with Gasteiger partial charge in [-0.25, -0.2) is 0 Å². The maximum atomic E-state index is 12.2. The number of hydrogen-bond donors (Lipinski definition) is 2. The van der Waals surface area contributed by atoms with Crippen LogP contribution in [0.3, 0.4) is 0 Å². The van der Waals surface area contributed by atoms with Gasteiger partial charge in [0.2, 0.25) is 5.91 Å². The lowest BCUT2D eigenvalue weighted by Crippen LogP contribution is -2.54. The lowest BCUT2D eigenvalue weighted by atomic mass is 9.48. The third-order valence-corrected chi connectivity index (χ3v) is 6.05. The minimum absolute atomic E-state index is 0.0209. The van der Waals surface area contributed by atoms with E-state index in [1.165, 1.54) is 5.56 Å². The predicted octanol–water partition coefficient (Wildman–Crippen LogP) is 2.34. The number of hydrogen-bond acceptors (Lipinski definition) is 3. The molecule has 2 aliphatic rings. The monoisotopic (exact) mass is 350 g/mol. The maximum absolute atomic E-state index is 12.2. The van der Waals surface area contributed by atoms with Crippen LogP contribution < -0.4 is 5.32 Å². The van der Waals surface area contributed by atoms with Gasteiger partial charge in [-0.2, -0.15) is 0 Å². The average molecular weight is 351 g/mol. The first-order valence-corrected chi connectivity index (χ1v) is 9.07. The molecule has 1 heterocycles. The summed E-state index contributed by atoms with van der Waals surface area (Å²) in [4.78, 5) is 14.4. The first kappa shape index (κ1) is 17.7. The van der Waals surface area contributed by atoms with Crippen molar-refractivity contribution in [3.05, 3.63) is 34.9 Å². The lowest BCUT2D eigenvalue weighted by molar-refractivity contribution is -0.122. The molecule has 132 valence electrons. The molecule has 1 saturated heterocycles. The number of nitrogens with zero attached hydrogens (tertiary/aromatic N) is 1. The summed E-state index contributed by atoms with van der Waals surface area (Å²) in [6, 6.07) is 7.71. The van der Waals surface area contributed by atoms with Crippen LogP contribution in [0.15, 0.2) is 24.3 Å². The second-order valence-electron chi connectivity index (χ2n) is 8.13. The van der Waals surface area contributed by atoms with E-state index in [1.807, 2.05) is 24.3 Å². The van der Waals surface area contributed by atoms with E-state index >= 15 is 0 Å². The highest BCUT2D eigenvalue weighted by atomic mass is 35.5. The van der Waals surface area contributed by atoms with Gasteiger partial charge >= 0.3 is 0 Å². The summed E-state index contributed by atoms with van der Waals surface area (Å²) in [6.45, 7) is 7.57. The smallest absolute Gasteiger partial charge is 0.234 e. The molecule has 0 spiro atoms. The molecule has 4 nitrogen and oxygen atoms in total. The number of nitrogens with one attached hydrogen (secondary N) is 1. The van der Waals surface area contributed by atoms with Gasteiger partial charge in [0.1, 0.15) is 0 Å². The van der Waals surface area contributed by atoms with Crippen LogP contribution >= 0.6 is 11.6 Å². The summed E-state index contributed by atoms with van der Waals surface area (Å²) in [5, 5.41) is 13.5. The van der Waals surface area contributed by atoms with Gasteiger partial charge in [0.15, 0.2) is 0 Å². The van der Waals surface area contributed by atoms with Gasteiger partial charge in [0, 0.05) is 30.1 Å². The molecule has 1 aliphatic carbocycles. The first-order chi connectivity index (χ1) is 11.3. The van der Waals surface area contributed by atoms with Gasteiger partial charge in [-0.3, -0.25) is 9.69 Å². The van der Waals surface area contributed by atoms with Crippen molar-refractivity contribution in [2.45, 2.75) is 26.7 Å². The molecule has 0 radical (unpaired) electrons. The minimum atomic E-state index is 0.0209. The summed E-state index contributed by atoms with van der Waals surface area (Å²) < 4.78 is 0. The number of carbonyl (C=O) groups is 1. The van der Waals surface area contributed by atoms with E-state index in [9.17, 15) is 9.90 Å². The predicted molar refractivity (Wildman–Crippen MR) is 96.0 cm³/mol. The fourth-order valence-electron chi connectivity index (χ4n) is 4.82. The van der Waals surface area contributed by atoms with Crippen LogP contribution in [-0.2, 0) is 11.2 Å². The highest BCUT2D eigenvalue weighted by Crippen LogP contribution is 2.62. The molecule has 1 aromatic rings. The van der Waals surface area contributed by atoms with Crippen molar-refractivity contribution in [3.8, 4) is 0 Å². The van der Waals surface area contributed by atoms with Crippen molar-refractivity contribution in [1.29, 1.82) is 0 Å². The van der Waals surface area contributed by atoms with Crippen LogP contribution in [0.2, 0.25) is 5.02 Å². The summed E-state index contributed by atoms with van der Waals surface area (Å²) in [5.41, 5.74) is 1.47. The summed E-state index contributed by atoms with van der Waals surface area (Å²) in [6.07, 6.45) is 1.86. The van der Waals surface area contributed by atoms with Crippen molar-refractivity contribution < 1.29 is 9.90 Å². The quantitative estimate of drug-likeness (QED) is 0.828. The van der Waals surface area contributed by atoms with E-state index in [0.29, 0.717) is 19.0 Å². The molecule has 1 saturated carbocycles. The molecule has 0 bridgehead atoms. The van der Waals surface area contributed by atoms with Crippen molar-refractivity contribution in [2.24, 2.45) is 16.7 Å². The second kappa shape index (κ2) is 6.66. The Morgan fingerprint density at radius 3 is 2.67 bits per heavy atom. The fraction of sp³-hybridized carbons (Fsp3) is 0.632. The number of aliphatic hydroxyl groups excluding tert-OH is 1. The maximum Gasteiger partial charge on any atom is 0.234 e. The largest absolute Gasteiger partial charge is 0.396 e. The van der Waals surface area contributed by atoms with Crippen LogP contribution in [0, 0.1) is 16.7 Å². The number of carbonyl (C=O) groups excluding carboxylic acids is 1. The van der Waals surface area contributed by atoms with E-state index in [-0.39, 0.29) is 23.3 Å². The first-order valence-electron chi connectivity index (χ1n) is 8.69. The Kier molecular flexibility index (Phi) is 4.92. The zero-order valence-corrected chi connectivity index (χ0v) is 15.3. The number of aliphatic hydroxyl groups is 1. The molecular weight excluding hydrogens is 324 g/mol.